The van der Waals surface area contributed by atoms with E-state index >= 15 is 0 Å². The SMILES string of the molecule is N[C@H](c1ccccc1Sc1ccc(Cl)cc1)C(F)F. The average Bonchev–Trinajstić information content (AvgIpc) is 2.41. The van der Waals surface area contributed by atoms with Gasteiger partial charge in [-0.1, -0.05) is 41.6 Å². The first kappa shape index (κ1) is 14.3. The zero-order chi connectivity index (χ0) is 13.8. The quantitative estimate of drug-likeness (QED) is 0.881. The minimum atomic E-state index is -2.58. The normalized spacial score (nSPS) is 12.7. The van der Waals surface area contributed by atoms with Crippen LogP contribution >= 0.6 is 23.4 Å². The molecule has 2 N–H and O–H groups in total. The maximum atomic E-state index is 12.7. The standard InChI is InChI=1S/C14H12ClF2NS/c15-9-5-7-10(8-6-9)19-12-4-2-1-3-11(12)13(18)14(16)17/h1-8,13-14H,18H2/t13-/m1/s1. The molecule has 0 amide bonds. The van der Waals surface area contributed by atoms with Crippen LogP contribution in [0.5, 0.6) is 0 Å². The summed E-state index contributed by atoms with van der Waals surface area (Å²) in [5.41, 5.74) is 5.99. The van der Waals surface area contributed by atoms with Crippen LogP contribution in [0.3, 0.4) is 0 Å². The second-order valence-electron chi connectivity index (χ2n) is 3.95. The van der Waals surface area contributed by atoms with Gasteiger partial charge in [0, 0.05) is 14.8 Å². The van der Waals surface area contributed by atoms with E-state index in [1.54, 1.807) is 36.4 Å². The zero-order valence-electron chi connectivity index (χ0n) is 9.89. The van der Waals surface area contributed by atoms with Crippen molar-refractivity contribution in [3.63, 3.8) is 0 Å². The van der Waals surface area contributed by atoms with Gasteiger partial charge >= 0.3 is 0 Å². The smallest absolute Gasteiger partial charge is 0.257 e. The lowest BCUT2D eigenvalue weighted by Gasteiger charge is -2.15. The van der Waals surface area contributed by atoms with Gasteiger partial charge in [-0.2, -0.15) is 0 Å². The van der Waals surface area contributed by atoms with Gasteiger partial charge in [0.15, 0.2) is 0 Å². The number of benzene rings is 2. The molecule has 0 fully saturated rings. The van der Waals surface area contributed by atoms with Crippen molar-refractivity contribution >= 4 is 23.4 Å². The Bertz CT molecular complexity index is 545. The topological polar surface area (TPSA) is 26.0 Å². The van der Waals surface area contributed by atoms with Crippen LogP contribution in [0.15, 0.2) is 58.3 Å². The fraction of sp³-hybridized carbons (Fsp3) is 0.143. The van der Waals surface area contributed by atoms with Gasteiger partial charge in [-0.15, -0.1) is 0 Å². The van der Waals surface area contributed by atoms with E-state index in [0.29, 0.717) is 10.6 Å². The van der Waals surface area contributed by atoms with Gasteiger partial charge in [-0.05, 0) is 35.9 Å². The Morgan fingerprint density at radius 1 is 1.00 bits per heavy atom. The zero-order valence-corrected chi connectivity index (χ0v) is 11.5. The van der Waals surface area contributed by atoms with Crippen LogP contribution in [-0.2, 0) is 0 Å². The maximum absolute atomic E-state index is 12.7. The van der Waals surface area contributed by atoms with E-state index in [0.717, 1.165) is 9.79 Å². The Morgan fingerprint density at radius 3 is 2.26 bits per heavy atom. The summed E-state index contributed by atoms with van der Waals surface area (Å²) in [4.78, 5) is 1.66. The van der Waals surface area contributed by atoms with E-state index in [-0.39, 0.29) is 0 Å². The molecule has 5 heteroatoms. The van der Waals surface area contributed by atoms with Crippen molar-refractivity contribution in [2.75, 3.05) is 0 Å². The van der Waals surface area contributed by atoms with Crippen LogP contribution in [0.2, 0.25) is 5.02 Å². The number of rotatable bonds is 4. The third kappa shape index (κ3) is 3.69. The van der Waals surface area contributed by atoms with Crippen molar-refractivity contribution in [2.24, 2.45) is 5.73 Å². The molecular formula is C14H12ClF2NS. The van der Waals surface area contributed by atoms with Gasteiger partial charge in [-0.25, -0.2) is 8.78 Å². The predicted octanol–water partition coefficient (Wildman–Crippen LogP) is 4.76. The average molecular weight is 300 g/mol. The van der Waals surface area contributed by atoms with Gasteiger partial charge in [0.1, 0.15) is 0 Å². The Kier molecular flexibility index (Phi) is 4.80. The third-order valence-corrected chi connectivity index (χ3v) is 3.94. The van der Waals surface area contributed by atoms with Gasteiger partial charge in [0.25, 0.3) is 6.43 Å². The maximum Gasteiger partial charge on any atom is 0.257 e. The van der Waals surface area contributed by atoms with E-state index in [1.165, 1.54) is 11.8 Å². The van der Waals surface area contributed by atoms with Crippen LogP contribution in [-0.4, -0.2) is 6.43 Å². The molecule has 0 aromatic heterocycles. The van der Waals surface area contributed by atoms with Crippen molar-refractivity contribution in [1.82, 2.24) is 0 Å². The van der Waals surface area contributed by atoms with Gasteiger partial charge in [0.2, 0.25) is 0 Å². The largest absolute Gasteiger partial charge is 0.319 e. The van der Waals surface area contributed by atoms with E-state index in [9.17, 15) is 8.78 Å². The summed E-state index contributed by atoms with van der Waals surface area (Å²) in [5.74, 6) is 0. The van der Waals surface area contributed by atoms with E-state index in [1.807, 2.05) is 12.1 Å². The third-order valence-electron chi connectivity index (χ3n) is 2.59. The van der Waals surface area contributed by atoms with Crippen molar-refractivity contribution < 1.29 is 8.78 Å². The summed E-state index contributed by atoms with van der Waals surface area (Å²) in [6, 6.07) is 12.9. The second-order valence-corrected chi connectivity index (χ2v) is 5.51. The minimum absolute atomic E-state index is 0.456. The van der Waals surface area contributed by atoms with Crippen LogP contribution in [0, 0.1) is 0 Å². The lowest BCUT2D eigenvalue weighted by Crippen LogP contribution is -2.19. The molecule has 0 saturated heterocycles. The summed E-state index contributed by atoms with van der Waals surface area (Å²) in [5, 5.41) is 0.641. The molecule has 100 valence electrons. The fourth-order valence-corrected chi connectivity index (χ4v) is 2.73. The molecule has 2 rings (SSSR count). The number of hydrogen-bond donors (Lipinski definition) is 1. The van der Waals surface area contributed by atoms with Crippen LogP contribution < -0.4 is 5.73 Å². The molecule has 19 heavy (non-hydrogen) atoms. The molecule has 0 saturated carbocycles. The lowest BCUT2D eigenvalue weighted by atomic mass is 10.1. The summed E-state index contributed by atoms with van der Waals surface area (Å²) >= 11 is 7.21. The number of alkyl halides is 2. The molecule has 1 atom stereocenters. The van der Waals surface area contributed by atoms with Crippen molar-refractivity contribution in [2.45, 2.75) is 22.3 Å². The highest BCUT2D eigenvalue weighted by atomic mass is 35.5. The summed E-state index contributed by atoms with van der Waals surface area (Å²) in [7, 11) is 0. The van der Waals surface area contributed by atoms with Gasteiger partial charge in [-0.3, -0.25) is 0 Å². The Balaban J connectivity index is 2.27. The fourth-order valence-electron chi connectivity index (χ4n) is 1.61. The molecule has 0 heterocycles. The number of hydrogen-bond acceptors (Lipinski definition) is 2. The molecule has 0 radical (unpaired) electrons. The van der Waals surface area contributed by atoms with Gasteiger partial charge < -0.3 is 5.73 Å². The second kappa shape index (κ2) is 6.37. The Hall–Kier alpha value is -1.10. The molecule has 0 aliphatic rings. The molecule has 0 bridgehead atoms. The number of nitrogens with two attached hydrogens (primary N) is 1. The monoisotopic (exact) mass is 299 g/mol. The first-order valence-corrected chi connectivity index (χ1v) is 6.83. The van der Waals surface area contributed by atoms with E-state index in [4.69, 9.17) is 17.3 Å². The lowest BCUT2D eigenvalue weighted by molar-refractivity contribution is 0.115. The van der Waals surface area contributed by atoms with Crippen molar-refractivity contribution in [1.29, 1.82) is 0 Å². The Morgan fingerprint density at radius 2 is 1.63 bits per heavy atom. The summed E-state index contributed by atoms with van der Waals surface area (Å²) in [6.07, 6.45) is -2.58. The molecular weight excluding hydrogens is 288 g/mol. The van der Waals surface area contributed by atoms with Crippen molar-refractivity contribution in [3.05, 3.63) is 59.1 Å². The molecule has 2 aromatic carbocycles. The van der Waals surface area contributed by atoms with Crippen LogP contribution in [0.25, 0.3) is 0 Å². The molecule has 0 unspecified atom stereocenters. The molecule has 0 aliphatic heterocycles. The first-order chi connectivity index (χ1) is 9.08. The summed E-state index contributed by atoms with van der Waals surface area (Å²) < 4.78 is 25.5. The molecule has 0 spiro atoms. The minimum Gasteiger partial charge on any atom is -0.319 e. The molecule has 2 aromatic rings. The summed E-state index contributed by atoms with van der Waals surface area (Å²) in [6.45, 7) is 0. The highest BCUT2D eigenvalue weighted by Crippen LogP contribution is 2.34. The Labute approximate surface area is 119 Å². The van der Waals surface area contributed by atoms with Crippen LogP contribution in [0.1, 0.15) is 11.6 Å². The van der Waals surface area contributed by atoms with Crippen molar-refractivity contribution in [3.8, 4) is 0 Å². The van der Waals surface area contributed by atoms with E-state index in [2.05, 4.69) is 0 Å². The first-order valence-electron chi connectivity index (χ1n) is 5.64. The van der Waals surface area contributed by atoms with Crippen LogP contribution in [0.4, 0.5) is 8.78 Å². The number of halogens is 3. The predicted molar refractivity (Wildman–Crippen MR) is 74.9 cm³/mol. The van der Waals surface area contributed by atoms with Gasteiger partial charge in [0.05, 0.1) is 6.04 Å². The molecule has 1 nitrogen and oxygen atoms in total. The highest BCUT2D eigenvalue weighted by Gasteiger charge is 2.20. The molecule has 0 aliphatic carbocycles. The van der Waals surface area contributed by atoms with E-state index < -0.39 is 12.5 Å². The highest BCUT2D eigenvalue weighted by molar-refractivity contribution is 7.99.